The van der Waals surface area contributed by atoms with Crippen LogP contribution in [-0.4, -0.2) is 4.74 Å². The summed E-state index contributed by atoms with van der Waals surface area (Å²) in [5, 5.41) is 0. The summed E-state index contributed by atoms with van der Waals surface area (Å²) in [6.07, 6.45) is 0. The molecule has 0 saturated heterocycles. The summed E-state index contributed by atoms with van der Waals surface area (Å²) in [5.74, 6) is 0. The molecule has 0 N–H and O–H groups in total. The molecule has 4 heavy (non-hydrogen) atoms. The van der Waals surface area contributed by atoms with Gasteiger partial charge in [-0.1, -0.05) is 0 Å². The van der Waals surface area contributed by atoms with E-state index >= 15 is 0 Å². The molecular weight excluding hydrogens is 167 g/mol. The molecule has 0 aliphatic rings. The van der Waals surface area contributed by atoms with Crippen molar-refractivity contribution in [2.24, 2.45) is 0 Å². The van der Waals surface area contributed by atoms with Gasteiger partial charge >= 0.3 is 45.7 Å². The van der Waals surface area contributed by atoms with Crippen molar-refractivity contribution in [2.45, 2.75) is 6.55 Å². The fourth-order valence-corrected chi connectivity index (χ4v) is 0. The van der Waals surface area contributed by atoms with E-state index in [1.165, 1.54) is 23.3 Å². The minimum absolute atomic E-state index is 0.317. The van der Waals surface area contributed by atoms with Crippen molar-refractivity contribution < 1.29 is 23.3 Å². The standard InChI is InChI=1S/CH3ClSi.Zr/c1-3-2;/h1H3;/q;+2. The fourth-order valence-electron chi connectivity index (χ4n) is 0. The number of halogens is 1. The Labute approximate surface area is 45.6 Å². The molecule has 0 fully saturated rings. The van der Waals surface area contributed by atoms with Gasteiger partial charge in [0.2, 0.25) is 0 Å². The van der Waals surface area contributed by atoms with Crippen LogP contribution in [0, 0.1) is 0 Å². The van der Waals surface area contributed by atoms with Crippen molar-refractivity contribution in [2.75, 3.05) is 0 Å². The van der Waals surface area contributed by atoms with Crippen molar-refractivity contribution in [1.29, 1.82) is 0 Å². The SMILES string of the molecule is C[Si](Cl)=[Zr+2]. The van der Waals surface area contributed by atoms with Gasteiger partial charge in [0.05, 0.1) is 0 Å². The zero-order valence-electron chi connectivity index (χ0n) is 2.38. The molecular formula is CH3ClSiZr+2. The summed E-state index contributed by atoms with van der Waals surface area (Å²) in [5.41, 5.74) is 0. The van der Waals surface area contributed by atoms with E-state index in [-0.39, 0.29) is 4.74 Å². The Morgan fingerprint density at radius 2 is 2.00 bits per heavy atom. The molecule has 0 amide bonds. The van der Waals surface area contributed by atoms with E-state index < -0.39 is 0 Å². The maximum absolute atomic E-state index is 5.42. The van der Waals surface area contributed by atoms with Gasteiger partial charge < -0.3 is 0 Å². The van der Waals surface area contributed by atoms with E-state index in [4.69, 9.17) is 11.1 Å². The predicted octanol–water partition coefficient (Wildman–Crippen LogP) is 0.890. The van der Waals surface area contributed by atoms with Crippen LogP contribution in [0.15, 0.2) is 0 Å². The Morgan fingerprint density at radius 1 is 2.00 bits per heavy atom. The van der Waals surface area contributed by atoms with Crippen LogP contribution in [0.25, 0.3) is 0 Å². The van der Waals surface area contributed by atoms with Crippen LogP contribution in [0.3, 0.4) is 0 Å². The Kier molecular flexibility index (Phi) is 3.53. The van der Waals surface area contributed by atoms with E-state index in [0.717, 1.165) is 0 Å². The minimum atomic E-state index is -0.317. The summed E-state index contributed by atoms with van der Waals surface area (Å²) in [7, 11) is 0. The Balaban J connectivity index is 2.80. The fraction of sp³-hybridized carbons (Fsp3) is 1.00. The molecule has 0 nitrogen and oxygen atoms in total. The molecule has 0 aromatic heterocycles. The van der Waals surface area contributed by atoms with Crippen molar-refractivity contribution in [3.05, 3.63) is 0 Å². The average molecular weight is 170 g/mol. The molecule has 0 atom stereocenters. The van der Waals surface area contributed by atoms with Crippen molar-refractivity contribution in [1.82, 2.24) is 0 Å². The van der Waals surface area contributed by atoms with Gasteiger partial charge in [-0.25, -0.2) is 0 Å². The summed E-state index contributed by atoms with van der Waals surface area (Å²) >= 11 is 6.92. The summed E-state index contributed by atoms with van der Waals surface area (Å²) in [6, 6.07) is 0. The normalized spacial score (nSPS) is 7.00. The number of rotatable bonds is 0. The molecule has 0 radical (unpaired) electrons. The van der Waals surface area contributed by atoms with Crippen LogP contribution in [-0.2, 0) is 23.3 Å². The molecule has 0 heterocycles. The molecule has 0 saturated carbocycles. The van der Waals surface area contributed by atoms with Crippen molar-refractivity contribution in [3.8, 4) is 0 Å². The molecule has 0 aromatic rings. The third-order valence-electron chi connectivity index (χ3n) is 0. The third kappa shape index (κ3) is 10.0. The summed E-state index contributed by atoms with van der Waals surface area (Å²) in [4.78, 5) is 0. The molecule has 0 spiro atoms. The van der Waals surface area contributed by atoms with E-state index in [9.17, 15) is 0 Å². The first-order valence-electron chi connectivity index (χ1n) is 0.939. The molecule has 0 aliphatic heterocycles. The van der Waals surface area contributed by atoms with E-state index in [1.54, 1.807) is 0 Å². The van der Waals surface area contributed by atoms with Gasteiger partial charge in [0.25, 0.3) is 0 Å². The second-order valence-electron chi connectivity index (χ2n) is 0.533. The molecule has 0 aromatic carbocycles. The first-order chi connectivity index (χ1) is 1.73. The first kappa shape index (κ1) is 5.39. The number of hydrogen-bond acceptors (Lipinski definition) is 0. The molecule has 0 rings (SSSR count). The van der Waals surface area contributed by atoms with Crippen LogP contribution in [0.1, 0.15) is 0 Å². The summed E-state index contributed by atoms with van der Waals surface area (Å²) < 4.78 is -0.317. The van der Waals surface area contributed by atoms with Crippen molar-refractivity contribution in [3.63, 3.8) is 0 Å². The van der Waals surface area contributed by atoms with Gasteiger partial charge in [0.1, 0.15) is 0 Å². The molecule has 0 unspecified atom stereocenters. The summed E-state index contributed by atoms with van der Waals surface area (Å²) in [6.45, 7) is 2.07. The van der Waals surface area contributed by atoms with Gasteiger partial charge in [-0.3, -0.25) is 0 Å². The van der Waals surface area contributed by atoms with Crippen molar-refractivity contribution >= 4 is 15.8 Å². The van der Waals surface area contributed by atoms with Gasteiger partial charge in [-0.15, -0.1) is 0 Å². The first-order valence-corrected chi connectivity index (χ1v) is 7.64. The van der Waals surface area contributed by atoms with Gasteiger partial charge in [-0.05, 0) is 0 Å². The molecule has 0 aliphatic carbocycles. The van der Waals surface area contributed by atoms with E-state index in [0.29, 0.717) is 0 Å². The van der Waals surface area contributed by atoms with Gasteiger partial charge in [0.15, 0.2) is 0 Å². The van der Waals surface area contributed by atoms with Crippen LogP contribution in [0.5, 0.6) is 0 Å². The third-order valence-corrected chi connectivity index (χ3v) is 0. The monoisotopic (exact) mass is 168 g/mol. The average Bonchev–Trinajstić information content (AvgIpc) is 0.811. The van der Waals surface area contributed by atoms with Gasteiger partial charge in [0, 0.05) is 0 Å². The van der Waals surface area contributed by atoms with E-state index in [2.05, 4.69) is 6.55 Å². The second kappa shape index (κ2) is 2.62. The van der Waals surface area contributed by atoms with Crippen LogP contribution in [0.2, 0.25) is 6.55 Å². The Morgan fingerprint density at radius 3 is 2.00 bits per heavy atom. The van der Waals surface area contributed by atoms with Crippen LogP contribution >= 0.6 is 11.1 Å². The van der Waals surface area contributed by atoms with Crippen LogP contribution < -0.4 is 0 Å². The molecule has 3 heteroatoms. The van der Waals surface area contributed by atoms with Crippen LogP contribution in [0.4, 0.5) is 0 Å². The maximum atomic E-state index is 5.42. The Hall–Kier alpha value is 1.39. The number of hydrogen-bond donors (Lipinski definition) is 0. The second-order valence-corrected chi connectivity index (χ2v) is 11.2. The topological polar surface area (TPSA) is 0 Å². The zero-order valence-corrected chi connectivity index (χ0v) is 6.59. The zero-order chi connectivity index (χ0) is 3.58. The van der Waals surface area contributed by atoms with Gasteiger partial charge in [-0.2, -0.15) is 0 Å². The Bertz CT molecular complexity index is 31.0. The predicted molar refractivity (Wildman–Crippen MR) is 17.5 cm³/mol. The molecule has 0 bridgehead atoms. The van der Waals surface area contributed by atoms with E-state index in [1.807, 2.05) is 0 Å². The molecule has 20 valence electrons. The quantitative estimate of drug-likeness (QED) is 0.374.